The Morgan fingerprint density at radius 3 is 2.65 bits per heavy atom. The highest BCUT2D eigenvalue weighted by Crippen LogP contribution is 2.11. The molecule has 0 atom stereocenters. The van der Waals surface area contributed by atoms with Crippen LogP contribution in [0.5, 0.6) is 0 Å². The summed E-state index contributed by atoms with van der Waals surface area (Å²) in [6.45, 7) is 0.188. The molecule has 0 aliphatic carbocycles. The molecule has 0 bridgehead atoms. The number of ether oxygens (including phenoxy) is 1. The molecule has 5 N–H and O–H groups in total. The van der Waals surface area contributed by atoms with Crippen molar-refractivity contribution in [3.8, 4) is 0 Å². The van der Waals surface area contributed by atoms with Crippen LogP contribution in [0.25, 0.3) is 0 Å². The first kappa shape index (κ1) is 16.3. The number of nitrogens with zero attached hydrogens (tertiary/aromatic N) is 2. The monoisotopic (exact) mass is 318 g/mol. The van der Waals surface area contributed by atoms with Crippen molar-refractivity contribution in [1.82, 2.24) is 20.5 Å². The van der Waals surface area contributed by atoms with Gasteiger partial charge >= 0.3 is 12.0 Å². The van der Waals surface area contributed by atoms with Crippen molar-refractivity contribution in [1.29, 1.82) is 0 Å². The summed E-state index contributed by atoms with van der Waals surface area (Å²) >= 11 is 0. The van der Waals surface area contributed by atoms with E-state index in [1.807, 2.05) is 12.1 Å². The second-order valence-corrected chi connectivity index (χ2v) is 4.72. The van der Waals surface area contributed by atoms with Gasteiger partial charge in [0, 0.05) is 12.1 Å². The summed E-state index contributed by atoms with van der Waals surface area (Å²) < 4.78 is 4.59. The van der Waals surface area contributed by atoms with Gasteiger partial charge in [0.1, 0.15) is 5.82 Å². The molecule has 0 radical (unpaired) electrons. The molecule has 2 amide bonds. The molecule has 2 aromatic rings. The highest BCUT2D eigenvalue weighted by Gasteiger charge is 2.05. The average molecular weight is 318 g/mol. The number of carbonyl (C=O) groups is 2. The number of hydrogen-bond acceptors (Lipinski definition) is 6. The summed E-state index contributed by atoms with van der Waals surface area (Å²) in [5, 5.41) is 11.6. The van der Waals surface area contributed by atoms with Gasteiger partial charge in [-0.15, -0.1) is 5.10 Å². The minimum Gasteiger partial charge on any atom is -0.469 e. The number of urea groups is 1. The van der Waals surface area contributed by atoms with Crippen LogP contribution in [-0.4, -0.2) is 34.3 Å². The normalized spacial score (nSPS) is 10.1. The van der Waals surface area contributed by atoms with Crippen molar-refractivity contribution in [2.24, 2.45) is 0 Å². The molecule has 9 nitrogen and oxygen atoms in total. The van der Waals surface area contributed by atoms with E-state index in [0.29, 0.717) is 24.4 Å². The van der Waals surface area contributed by atoms with Gasteiger partial charge in [0.15, 0.2) is 0 Å². The Bertz CT molecular complexity index is 667. The van der Waals surface area contributed by atoms with Gasteiger partial charge in [-0.2, -0.15) is 4.98 Å². The molecule has 0 spiro atoms. The van der Waals surface area contributed by atoms with Crippen LogP contribution in [-0.2, 0) is 22.5 Å². The smallest absolute Gasteiger partial charge is 0.319 e. The first-order valence-corrected chi connectivity index (χ1v) is 6.94. The molecule has 1 heterocycles. The molecule has 0 aliphatic rings. The summed E-state index contributed by atoms with van der Waals surface area (Å²) in [5.74, 6) is 0.347. The van der Waals surface area contributed by atoms with Crippen LogP contribution in [0.2, 0.25) is 0 Å². The van der Waals surface area contributed by atoms with E-state index in [9.17, 15) is 9.59 Å². The number of hydrogen-bond donors (Lipinski definition) is 4. The third-order valence-electron chi connectivity index (χ3n) is 3.02. The molecule has 0 saturated heterocycles. The van der Waals surface area contributed by atoms with E-state index >= 15 is 0 Å². The van der Waals surface area contributed by atoms with E-state index < -0.39 is 0 Å². The van der Waals surface area contributed by atoms with Gasteiger partial charge in [-0.3, -0.25) is 9.89 Å². The number of rotatable bonds is 6. The number of nitrogen functional groups attached to an aromatic ring is 1. The Morgan fingerprint density at radius 1 is 1.30 bits per heavy atom. The van der Waals surface area contributed by atoms with Gasteiger partial charge < -0.3 is 21.1 Å². The Balaban J connectivity index is 1.78. The number of H-pyrrole nitrogens is 1. The van der Waals surface area contributed by atoms with Gasteiger partial charge in [-0.05, 0) is 24.1 Å². The van der Waals surface area contributed by atoms with Crippen LogP contribution < -0.4 is 16.4 Å². The van der Waals surface area contributed by atoms with E-state index in [1.54, 1.807) is 12.1 Å². The van der Waals surface area contributed by atoms with Gasteiger partial charge in [0.25, 0.3) is 0 Å². The standard InChI is InChI=1S/C14H18N6O3/c1-23-12(21)7-4-9-2-5-10(6-3-9)17-14(22)16-8-11-18-13(15)20-19-11/h2-3,5-6H,4,7-8H2,1H3,(H2,16,17,22)(H3,15,18,19,20). The van der Waals surface area contributed by atoms with E-state index in [4.69, 9.17) is 5.73 Å². The topological polar surface area (TPSA) is 135 Å². The predicted molar refractivity (Wildman–Crippen MR) is 83.4 cm³/mol. The molecule has 0 aliphatic heterocycles. The lowest BCUT2D eigenvalue weighted by atomic mass is 10.1. The number of aromatic amines is 1. The molecule has 0 fully saturated rings. The lowest BCUT2D eigenvalue weighted by Gasteiger charge is -2.07. The maximum atomic E-state index is 11.8. The molecule has 2 rings (SSSR count). The number of esters is 1. The Morgan fingerprint density at radius 2 is 2.04 bits per heavy atom. The van der Waals surface area contributed by atoms with Crippen molar-refractivity contribution in [3.63, 3.8) is 0 Å². The maximum absolute atomic E-state index is 11.8. The summed E-state index contributed by atoms with van der Waals surface area (Å²) in [5.41, 5.74) is 6.99. The molecular formula is C14H18N6O3. The van der Waals surface area contributed by atoms with Gasteiger partial charge in [0.05, 0.1) is 13.7 Å². The number of amides is 2. The average Bonchev–Trinajstić information content (AvgIpc) is 2.97. The fourth-order valence-electron chi connectivity index (χ4n) is 1.83. The number of aryl methyl sites for hydroxylation is 1. The number of nitrogens with one attached hydrogen (secondary N) is 3. The fraction of sp³-hybridized carbons (Fsp3) is 0.286. The second kappa shape index (κ2) is 7.78. The third-order valence-corrected chi connectivity index (χ3v) is 3.02. The number of aromatic nitrogens is 3. The SMILES string of the molecule is COC(=O)CCc1ccc(NC(=O)NCc2nc(N)n[nH]2)cc1. The molecule has 0 unspecified atom stereocenters. The Labute approximate surface area is 132 Å². The maximum Gasteiger partial charge on any atom is 0.319 e. The van der Waals surface area contributed by atoms with Crippen LogP contribution in [0.4, 0.5) is 16.4 Å². The molecule has 23 heavy (non-hydrogen) atoms. The highest BCUT2D eigenvalue weighted by molar-refractivity contribution is 5.89. The summed E-state index contributed by atoms with van der Waals surface area (Å²) in [4.78, 5) is 26.7. The van der Waals surface area contributed by atoms with Crippen molar-refractivity contribution in [2.75, 3.05) is 18.2 Å². The summed E-state index contributed by atoms with van der Waals surface area (Å²) in [6.07, 6.45) is 0.913. The van der Waals surface area contributed by atoms with Crippen molar-refractivity contribution in [2.45, 2.75) is 19.4 Å². The number of anilines is 2. The third kappa shape index (κ3) is 5.30. The fourth-order valence-corrected chi connectivity index (χ4v) is 1.83. The first-order chi connectivity index (χ1) is 11.1. The molecule has 9 heteroatoms. The highest BCUT2D eigenvalue weighted by atomic mass is 16.5. The molecule has 0 saturated carbocycles. The van der Waals surface area contributed by atoms with Crippen molar-refractivity contribution in [3.05, 3.63) is 35.7 Å². The van der Waals surface area contributed by atoms with Crippen molar-refractivity contribution < 1.29 is 14.3 Å². The second-order valence-electron chi connectivity index (χ2n) is 4.72. The quantitative estimate of drug-likeness (QED) is 0.582. The number of nitrogens with two attached hydrogens (primary N) is 1. The van der Waals surface area contributed by atoms with Crippen molar-refractivity contribution >= 4 is 23.6 Å². The zero-order valence-electron chi connectivity index (χ0n) is 12.6. The van der Waals surface area contributed by atoms with Gasteiger partial charge in [-0.25, -0.2) is 4.79 Å². The predicted octanol–water partition coefficient (Wildman–Crippen LogP) is 0.814. The number of benzene rings is 1. The van der Waals surface area contributed by atoms with Gasteiger partial charge in [-0.1, -0.05) is 12.1 Å². The lowest BCUT2D eigenvalue weighted by Crippen LogP contribution is -2.28. The molecule has 1 aromatic heterocycles. The number of methoxy groups -OCH3 is 1. The van der Waals surface area contributed by atoms with Crippen LogP contribution >= 0.6 is 0 Å². The molecular weight excluding hydrogens is 300 g/mol. The van der Waals surface area contributed by atoms with E-state index in [1.165, 1.54) is 7.11 Å². The zero-order valence-corrected chi connectivity index (χ0v) is 12.6. The molecule has 1 aromatic carbocycles. The van der Waals surface area contributed by atoms with E-state index in [0.717, 1.165) is 5.56 Å². The summed E-state index contributed by atoms with van der Waals surface area (Å²) in [6, 6.07) is 6.84. The number of carbonyl (C=O) groups excluding carboxylic acids is 2. The Kier molecular flexibility index (Phi) is 5.50. The van der Waals surface area contributed by atoms with E-state index in [-0.39, 0.29) is 24.5 Å². The zero-order chi connectivity index (χ0) is 16.7. The van der Waals surface area contributed by atoms with E-state index in [2.05, 4.69) is 30.6 Å². The van der Waals surface area contributed by atoms with Crippen LogP contribution in [0, 0.1) is 0 Å². The van der Waals surface area contributed by atoms with Crippen LogP contribution in [0.3, 0.4) is 0 Å². The summed E-state index contributed by atoms with van der Waals surface area (Å²) in [7, 11) is 1.36. The van der Waals surface area contributed by atoms with Crippen LogP contribution in [0.15, 0.2) is 24.3 Å². The largest absolute Gasteiger partial charge is 0.469 e. The molecule has 122 valence electrons. The van der Waals surface area contributed by atoms with Crippen LogP contribution in [0.1, 0.15) is 17.8 Å². The first-order valence-electron chi connectivity index (χ1n) is 6.94. The lowest BCUT2D eigenvalue weighted by molar-refractivity contribution is -0.140. The van der Waals surface area contributed by atoms with Gasteiger partial charge in [0.2, 0.25) is 5.95 Å². The Hall–Kier alpha value is -3.10. The minimum absolute atomic E-state index is 0.129. The minimum atomic E-state index is -0.373.